The van der Waals surface area contributed by atoms with Crippen molar-refractivity contribution in [1.82, 2.24) is 0 Å². The van der Waals surface area contributed by atoms with Gasteiger partial charge in [0.25, 0.3) is 0 Å². The fraction of sp³-hybridized carbons (Fsp3) is 0.792. The first-order chi connectivity index (χ1) is 14.4. The van der Waals surface area contributed by atoms with Gasteiger partial charge in [-0.05, 0) is 44.4 Å². The molecule has 0 aromatic rings. The molecule has 1 aliphatic carbocycles. The summed E-state index contributed by atoms with van der Waals surface area (Å²) in [5.41, 5.74) is 0. The number of carboxylic acids is 1. The first kappa shape index (κ1) is 25.1. The maximum Gasteiger partial charge on any atom is 0.303 e. The molecular formula is C24H40O6. The van der Waals surface area contributed by atoms with E-state index in [1.165, 1.54) is 0 Å². The van der Waals surface area contributed by atoms with Crippen LogP contribution in [0.2, 0.25) is 0 Å². The Balaban J connectivity index is 2.07. The van der Waals surface area contributed by atoms with E-state index in [0.29, 0.717) is 26.1 Å². The summed E-state index contributed by atoms with van der Waals surface area (Å²) in [5.74, 6) is -1.35. The van der Waals surface area contributed by atoms with E-state index >= 15 is 0 Å². The van der Waals surface area contributed by atoms with Crippen molar-refractivity contribution in [2.75, 3.05) is 13.2 Å². The minimum atomic E-state index is -0.770. The zero-order valence-corrected chi connectivity index (χ0v) is 18.5. The van der Waals surface area contributed by atoms with Crippen molar-refractivity contribution in [3.05, 3.63) is 24.3 Å². The molecule has 1 spiro atoms. The zero-order valence-electron chi connectivity index (χ0n) is 18.5. The molecule has 0 bridgehead atoms. The molecule has 0 amide bonds. The quantitative estimate of drug-likeness (QED) is 0.305. The molecule has 1 saturated heterocycles. The van der Waals surface area contributed by atoms with Gasteiger partial charge in [-0.15, -0.1) is 0 Å². The number of carboxylic acid groups (broad SMARTS) is 1. The Hall–Kier alpha value is -1.21. The molecule has 1 heterocycles. The molecule has 6 heteroatoms. The Morgan fingerprint density at radius 3 is 2.53 bits per heavy atom. The number of allylic oxidation sites excluding steroid dienone is 3. The van der Waals surface area contributed by atoms with Gasteiger partial charge in [0.15, 0.2) is 5.79 Å². The lowest BCUT2D eigenvalue weighted by atomic mass is 9.83. The highest BCUT2D eigenvalue weighted by atomic mass is 16.7. The van der Waals surface area contributed by atoms with Crippen molar-refractivity contribution in [2.45, 2.75) is 89.6 Å². The summed E-state index contributed by atoms with van der Waals surface area (Å²) in [6.07, 6.45) is 14.0. The van der Waals surface area contributed by atoms with Crippen LogP contribution in [0.3, 0.4) is 0 Å². The number of aliphatic hydroxyl groups is 2. The van der Waals surface area contributed by atoms with Crippen LogP contribution in [0.1, 0.15) is 71.6 Å². The average molecular weight is 425 g/mol. The highest BCUT2D eigenvalue weighted by molar-refractivity contribution is 5.66. The Bertz CT molecular complexity index is 564. The predicted octanol–water partition coefficient (Wildman–Crippen LogP) is 4.06. The molecule has 30 heavy (non-hydrogen) atoms. The number of rotatable bonds is 13. The minimum absolute atomic E-state index is 0.00704. The summed E-state index contributed by atoms with van der Waals surface area (Å²) < 4.78 is 12.2. The van der Waals surface area contributed by atoms with Crippen molar-refractivity contribution < 1.29 is 29.6 Å². The molecule has 6 nitrogen and oxygen atoms in total. The number of hydrogen-bond donors (Lipinski definition) is 3. The van der Waals surface area contributed by atoms with E-state index in [-0.39, 0.29) is 24.2 Å². The van der Waals surface area contributed by atoms with Gasteiger partial charge in [0.05, 0.1) is 25.4 Å². The monoisotopic (exact) mass is 424 g/mol. The molecule has 1 saturated carbocycles. The molecule has 0 aromatic carbocycles. The Kier molecular flexibility index (Phi) is 10.5. The van der Waals surface area contributed by atoms with E-state index in [9.17, 15) is 15.0 Å². The van der Waals surface area contributed by atoms with E-state index in [2.05, 4.69) is 19.1 Å². The second-order valence-corrected chi connectivity index (χ2v) is 8.74. The van der Waals surface area contributed by atoms with Gasteiger partial charge in [0.1, 0.15) is 0 Å². The number of hydrogen-bond acceptors (Lipinski definition) is 5. The van der Waals surface area contributed by atoms with Crippen LogP contribution in [0.4, 0.5) is 0 Å². The molecule has 5 atom stereocenters. The molecule has 2 rings (SSSR count). The Morgan fingerprint density at radius 1 is 1.17 bits per heavy atom. The predicted molar refractivity (Wildman–Crippen MR) is 116 cm³/mol. The topological polar surface area (TPSA) is 96.2 Å². The molecule has 2 fully saturated rings. The molecule has 5 unspecified atom stereocenters. The lowest BCUT2D eigenvalue weighted by Gasteiger charge is -2.30. The third-order valence-electron chi connectivity index (χ3n) is 6.42. The minimum Gasteiger partial charge on any atom is -0.481 e. The zero-order chi connectivity index (χ0) is 22.0. The summed E-state index contributed by atoms with van der Waals surface area (Å²) in [6, 6.07) is 0. The molecule has 0 aromatic heterocycles. The van der Waals surface area contributed by atoms with E-state index in [4.69, 9.17) is 14.6 Å². The van der Waals surface area contributed by atoms with E-state index < -0.39 is 24.0 Å². The largest absolute Gasteiger partial charge is 0.481 e. The van der Waals surface area contributed by atoms with Crippen LogP contribution >= 0.6 is 0 Å². The second kappa shape index (κ2) is 12.6. The summed E-state index contributed by atoms with van der Waals surface area (Å²) in [7, 11) is 0. The highest BCUT2D eigenvalue weighted by Crippen LogP contribution is 2.52. The molecule has 1 aliphatic heterocycles. The van der Waals surface area contributed by atoms with Gasteiger partial charge >= 0.3 is 5.97 Å². The molecule has 3 N–H and O–H groups in total. The second-order valence-electron chi connectivity index (χ2n) is 8.74. The number of aliphatic carboxylic acids is 1. The van der Waals surface area contributed by atoms with Crippen LogP contribution in [0.15, 0.2) is 24.3 Å². The summed E-state index contributed by atoms with van der Waals surface area (Å²) >= 11 is 0. The summed E-state index contributed by atoms with van der Waals surface area (Å²) in [4.78, 5) is 10.7. The standard InChI is InChI=1S/C24H40O6/c1-3-4-7-10-19(26)13-14-20-21(18(2)25)17-24(29-15-16-30-24)22(20)11-8-5-6-9-12-23(27)28/h5,8,13-14,18-22,25-26H,3-4,6-7,9-12,15-17H2,1-2H3,(H,27,28). The first-order valence-electron chi connectivity index (χ1n) is 11.6. The SMILES string of the molecule is CCCCCC(O)C=CC1C(C(C)O)CC2(OCCO2)C1CC=CCCCC(=O)O. The van der Waals surface area contributed by atoms with Gasteiger partial charge < -0.3 is 24.8 Å². The van der Waals surface area contributed by atoms with Crippen molar-refractivity contribution >= 4 is 5.97 Å². The Morgan fingerprint density at radius 2 is 1.90 bits per heavy atom. The fourth-order valence-corrected chi connectivity index (χ4v) is 4.80. The van der Waals surface area contributed by atoms with Gasteiger partial charge in [-0.25, -0.2) is 0 Å². The van der Waals surface area contributed by atoms with Gasteiger partial charge in [0, 0.05) is 18.8 Å². The summed E-state index contributed by atoms with van der Waals surface area (Å²) in [5, 5.41) is 29.5. The normalized spacial score (nSPS) is 28.1. The van der Waals surface area contributed by atoms with Crippen LogP contribution in [0.5, 0.6) is 0 Å². The lowest BCUT2D eigenvalue weighted by molar-refractivity contribution is -0.185. The van der Waals surface area contributed by atoms with Crippen LogP contribution in [0, 0.1) is 17.8 Å². The third kappa shape index (κ3) is 7.19. The van der Waals surface area contributed by atoms with Crippen molar-refractivity contribution in [3.8, 4) is 0 Å². The maximum atomic E-state index is 10.7. The number of aliphatic hydroxyl groups excluding tert-OH is 2. The van der Waals surface area contributed by atoms with Crippen molar-refractivity contribution in [2.24, 2.45) is 17.8 Å². The number of ether oxygens (including phenoxy) is 2. The van der Waals surface area contributed by atoms with Crippen LogP contribution in [-0.4, -0.2) is 52.5 Å². The average Bonchev–Trinajstić information content (AvgIpc) is 3.28. The molecule has 0 radical (unpaired) electrons. The Labute approximate surface area is 181 Å². The first-order valence-corrected chi connectivity index (χ1v) is 11.6. The molecule has 172 valence electrons. The van der Waals surface area contributed by atoms with Crippen LogP contribution in [-0.2, 0) is 14.3 Å². The van der Waals surface area contributed by atoms with Crippen LogP contribution < -0.4 is 0 Å². The fourth-order valence-electron chi connectivity index (χ4n) is 4.80. The highest BCUT2D eigenvalue weighted by Gasteiger charge is 2.56. The van der Waals surface area contributed by atoms with Gasteiger partial charge in [-0.2, -0.15) is 0 Å². The maximum absolute atomic E-state index is 10.7. The van der Waals surface area contributed by atoms with Gasteiger partial charge in [0.2, 0.25) is 0 Å². The van der Waals surface area contributed by atoms with Crippen molar-refractivity contribution in [3.63, 3.8) is 0 Å². The number of carbonyl (C=O) groups is 1. The lowest BCUT2D eigenvalue weighted by Crippen LogP contribution is -2.36. The van der Waals surface area contributed by atoms with Crippen LogP contribution in [0.25, 0.3) is 0 Å². The van der Waals surface area contributed by atoms with E-state index in [1.54, 1.807) is 0 Å². The molecule has 2 aliphatic rings. The van der Waals surface area contributed by atoms with E-state index in [0.717, 1.165) is 38.5 Å². The van der Waals surface area contributed by atoms with Crippen molar-refractivity contribution in [1.29, 1.82) is 0 Å². The van der Waals surface area contributed by atoms with Gasteiger partial charge in [-0.3, -0.25) is 4.79 Å². The summed E-state index contributed by atoms with van der Waals surface area (Å²) in [6.45, 7) is 5.08. The third-order valence-corrected chi connectivity index (χ3v) is 6.42. The smallest absolute Gasteiger partial charge is 0.303 e. The van der Waals surface area contributed by atoms with Gasteiger partial charge in [-0.1, -0.05) is 50.5 Å². The van der Waals surface area contributed by atoms with E-state index in [1.807, 2.05) is 19.1 Å². The number of unbranched alkanes of at least 4 members (excludes halogenated alkanes) is 3. The molecular weight excluding hydrogens is 384 g/mol.